The number of hydrogen-bond acceptors (Lipinski definition) is 4. The fourth-order valence-electron chi connectivity index (χ4n) is 4.01. The van der Waals surface area contributed by atoms with Gasteiger partial charge < -0.3 is 14.4 Å². The molecule has 0 N–H and O–H groups in total. The number of ether oxygens (including phenoxy) is 2. The van der Waals surface area contributed by atoms with Crippen LogP contribution >= 0.6 is 0 Å². The third-order valence-corrected chi connectivity index (χ3v) is 5.28. The molecule has 0 aromatic heterocycles. The van der Waals surface area contributed by atoms with Crippen LogP contribution in [0.1, 0.15) is 52.2 Å². The first-order valence-corrected chi connectivity index (χ1v) is 10.4. The number of benzene rings is 2. The van der Waals surface area contributed by atoms with Crippen LogP contribution in [0.3, 0.4) is 0 Å². The Labute approximate surface area is 174 Å². The highest BCUT2D eigenvalue weighted by molar-refractivity contribution is 5.92. The maximum atomic E-state index is 5.74. The molecule has 4 nitrogen and oxygen atoms in total. The van der Waals surface area contributed by atoms with Gasteiger partial charge in [-0.25, -0.2) is 0 Å². The Morgan fingerprint density at radius 1 is 1.10 bits per heavy atom. The molecule has 4 heteroatoms. The molecule has 0 amide bonds. The molecule has 0 saturated heterocycles. The first kappa shape index (κ1) is 21.0. The normalized spacial score (nSPS) is 15.2. The fraction of sp³-hybridized carbons (Fsp3) is 0.400. The first-order chi connectivity index (χ1) is 13.9. The molecule has 0 atom stereocenters. The van der Waals surface area contributed by atoms with Gasteiger partial charge in [-0.15, -0.1) is 0 Å². The van der Waals surface area contributed by atoms with Gasteiger partial charge in [0.1, 0.15) is 17.2 Å². The maximum absolute atomic E-state index is 5.74. The lowest BCUT2D eigenvalue weighted by molar-refractivity contribution is 0.341. The summed E-state index contributed by atoms with van der Waals surface area (Å²) in [4.78, 5) is 7.16. The zero-order valence-corrected chi connectivity index (χ0v) is 18.5. The second-order valence-electron chi connectivity index (χ2n) is 7.90. The van der Waals surface area contributed by atoms with Gasteiger partial charge in [0.15, 0.2) is 0 Å². The minimum Gasteiger partial charge on any atom is -0.496 e. The van der Waals surface area contributed by atoms with Crippen LogP contribution in [-0.2, 0) is 0 Å². The molecule has 0 fully saturated rings. The summed E-state index contributed by atoms with van der Waals surface area (Å²) in [6.07, 6.45) is 5.31. The minimum atomic E-state index is -0.0237. The van der Waals surface area contributed by atoms with Gasteiger partial charge in [0, 0.05) is 35.6 Å². The monoisotopic (exact) mass is 392 g/mol. The van der Waals surface area contributed by atoms with E-state index in [1.807, 2.05) is 37.4 Å². The number of rotatable bonds is 7. The van der Waals surface area contributed by atoms with Crippen molar-refractivity contribution in [1.82, 2.24) is 0 Å². The Hall–Kier alpha value is -2.75. The van der Waals surface area contributed by atoms with Gasteiger partial charge in [0.05, 0.1) is 19.3 Å². The fourth-order valence-corrected chi connectivity index (χ4v) is 4.01. The number of para-hydroxylation sites is 2. The molecule has 2 aromatic carbocycles. The average Bonchev–Trinajstić information content (AvgIpc) is 2.70. The van der Waals surface area contributed by atoms with Gasteiger partial charge >= 0.3 is 0 Å². The van der Waals surface area contributed by atoms with Crippen LogP contribution in [0.2, 0.25) is 0 Å². The summed E-state index contributed by atoms with van der Waals surface area (Å²) in [6, 6.07) is 12.2. The molecule has 0 saturated carbocycles. The molecule has 0 bridgehead atoms. The van der Waals surface area contributed by atoms with Crippen molar-refractivity contribution in [2.75, 3.05) is 25.2 Å². The lowest BCUT2D eigenvalue weighted by Crippen LogP contribution is -2.45. The number of fused-ring (bicyclic) bond motifs is 1. The maximum Gasteiger partial charge on any atom is 0.144 e. The molecule has 1 heterocycles. The van der Waals surface area contributed by atoms with Crippen molar-refractivity contribution in [1.29, 1.82) is 0 Å². The molecule has 0 unspecified atom stereocenters. The van der Waals surface area contributed by atoms with Gasteiger partial charge in [-0.3, -0.25) is 4.99 Å². The Morgan fingerprint density at radius 3 is 2.55 bits per heavy atom. The minimum absolute atomic E-state index is 0.0237. The number of aliphatic imine (C=N–C) groups is 1. The van der Waals surface area contributed by atoms with E-state index in [9.17, 15) is 0 Å². The van der Waals surface area contributed by atoms with E-state index in [-0.39, 0.29) is 5.54 Å². The van der Waals surface area contributed by atoms with Crippen LogP contribution < -0.4 is 14.4 Å². The van der Waals surface area contributed by atoms with E-state index >= 15 is 0 Å². The van der Waals surface area contributed by atoms with Gasteiger partial charge in [-0.05, 0) is 57.9 Å². The van der Waals surface area contributed by atoms with Gasteiger partial charge in [0.2, 0.25) is 0 Å². The first-order valence-electron chi connectivity index (χ1n) is 10.4. The summed E-state index contributed by atoms with van der Waals surface area (Å²) >= 11 is 0. The molecule has 0 aliphatic carbocycles. The Morgan fingerprint density at radius 2 is 1.86 bits per heavy atom. The van der Waals surface area contributed by atoms with Gasteiger partial charge in [0.25, 0.3) is 0 Å². The van der Waals surface area contributed by atoms with Crippen molar-refractivity contribution in [2.24, 2.45) is 4.99 Å². The van der Waals surface area contributed by atoms with E-state index in [0.717, 1.165) is 35.7 Å². The quantitative estimate of drug-likeness (QED) is 0.522. The van der Waals surface area contributed by atoms with Crippen molar-refractivity contribution in [3.8, 4) is 11.5 Å². The van der Waals surface area contributed by atoms with Crippen molar-refractivity contribution in [3.05, 3.63) is 53.6 Å². The van der Waals surface area contributed by atoms with Crippen molar-refractivity contribution in [3.63, 3.8) is 0 Å². The molecular formula is C25H32N2O2. The van der Waals surface area contributed by atoms with Crippen LogP contribution in [0.25, 0.3) is 5.57 Å². The van der Waals surface area contributed by atoms with Crippen molar-refractivity contribution >= 4 is 23.2 Å². The predicted octanol–water partition coefficient (Wildman–Crippen LogP) is 6.26. The lowest BCUT2D eigenvalue weighted by Gasteiger charge is -2.43. The molecule has 2 aromatic rings. The predicted molar refractivity (Wildman–Crippen MR) is 123 cm³/mol. The average molecular weight is 393 g/mol. The van der Waals surface area contributed by atoms with Crippen LogP contribution in [-0.4, -0.2) is 32.0 Å². The second kappa shape index (κ2) is 8.73. The van der Waals surface area contributed by atoms with Crippen molar-refractivity contribution < 1.29 is 9.47 Å². The number of methoxy groups -OCH3 is 1. The third-order valence-electron chi connectivity index (χ3n) is 5.28. The highest BCUT2D eigenvalue weighted by Crippen LogP contribution is 2.42. The molecule has 154 valence electrons. The molecule has 1 aliphatic heterocycles. The van der Waals surface area contributed by atoms with Gasteiger partial charge in [-0.1, -0.05) is 25.1 Å². The van der Waals surface area contributed by atoms with E-state index < -0.39 is 0 Å². The number of hydrogen-bond donors (Lipinski definition) is 0. The summed E-state index contributed by atoms with van der Waals surface area (Å²) in [6.45, 7) is 12.5. The zero-order chi connectivity index (χ0) is 21.0. The topological polar surface area (TPSA) is 34.1 Å². The molecule has 0 spiro atoms. The summed E-state index contributed by atoms with van der Waals surface area (Å²) < 4.78 is 11.4. The molecule has 3 rings (SSSR count). The zero-order valence-electron chi connectivity index (χ0n) is 18.5. The van der Waals surface area contributed by atoms with Crippen LogP contribution in [0.5, 0.6) is 11.5 Å². The number of anilines is 1. The van der Waals surface area contributed by atoms with E-state index in [1.165, 1.54) is 16.8 Å². The summed E-state index contributed by atoms with van der Waals surface area (Å²) in [5.74, 6) is 1.61. The Bertz CT molecular complexity index is 928. The van der Waals surface area contributed by atoms with Crippen LogP contribution in [0, 0.1) is 0 Å². The highest BCUT2D eigenvalue weighted by Gasteiger charge is 2.31. The molecule has 0 radical (unpaired) electrons. The van der Waals surface area contributed by atoms with Crippen LogP contribution in [0.4, 0.5) is 11.4 Å². The van der Waals surface area contributed by atoms with E-state index in [1.54, 1.807) is 7.11 Å². The number of nitrogens with zero attached hydrogens (tertiary/aromatic N) is 2. The summed E-state index contributed by atoms with van der Waals surface area (Å²) in [7, 11) is 1.72. The SMILES string of the molecule is CCCN1c2cc(OC)c(C=Nc3ccccc3OCC)cc2C(C)=CC1(C)C. The lowest BCUT2D eigenvalue weighted by atomic mass is 9.87. The summed E-state index contributed by atoms with van der Waals surface area (Å²) in [5.41, 5.74) is 5.49. The van der Waals surface area contributed by atoms with Crippen molar-refractivity contribution in [2.45, 2.75) is 46.6 Å². The second-order valence-corrected chi connectivity index (χ2v) is 7.90. The van der Waals surface area contributed by atoms with E-state index in [4.69, 9.17) is 14.5 Å². The molecule has 1 aliphatic rings. The van der Waals surface area contributed by atoms with Gasteiger partial charge in [-0.2, -0.15) is 0 Å². The van der Waals surface area contributed by atoms with E-state index in [2.05, 4.69) is 50.8 Å². The molecule has 29 heavy (non-hydrogen) atoms. The third kappa shape index (κ3) is 4.31. The molecular weight excluding hydrogens is 360 g/mol. The Kier molecular flexibility index (Phi) is 6.31. The standard InChI is InChI=1S/C25H32N2O2/c1-7-13-27-22-15-24(28-6)19(14-20(22)18(3)16-25(27,4)5)17-26-21-11-9-10-12-23(21)29-8-2/h9-12,14-17H,7-8,13H2,1-6H3. The smallest absolute Gasteiger partial charge is 0.144 e. The largest absolute Gasteiger partial charge is 0.496 e. The number of allylic oxidation sites excluding steroid dienone is 1. The summed E-state index contributed by atoms with van der Waals surface area (Å²) in [5, 5.41) is 0. The van der Waals surface area contributed by atoms with Crippen LogP contribution in [0.15, 0.2) is 47.5 Å². The Balaban J connectivity index is 2.06. The highest BCUT2D eigenvalue weighted by atomic mass is 16.5. The van der Waals surface area contributed by atoms with E-state index in [0.29, 0.717) is 6.61 Å².